The number of hydrogen-bond acceptors (Lipinski definition) is 7. The fraction of sp³-hybridized carbons (Fsp3) is 0.238. The van der Waals surface area contributed by atoms with Crippen LogP contribution in [0.3, 0.4) is 0 Å². The number of benzene rings is 1. The van der Waals surface area contributed by atoms with Crippen molar-refractivity contribution in [3.8, 4) is 6.07 Å². The molecule has 2 heterocycles. The summed E-state index contributed by atoms with van der Waals surface area (Å²) in [6.07, 6.45) is 4.59. The lowest BCUT2D eigenvalue weighted by Crippen LogP contribution is -2.19. The minimum atomic E-state index is 0.0767. The number of pyridine rings is 1. The minimum absolute atomic E-state index is 0.0767. The number of nitrogens with two attached hydrogens (primary N) is 1. The molecule has 140 valence electrons. The van der Waals surface area contributed by atoms with Crippen LogP contribution in [0, 0.1) is 23.7 Å². The number of fused-ring (bicyclic) bond motifs is 1. The summed E-state index contributed by atoms with van der Waals surface area (Å²) in [5.74, 6) is 0. The maximum Gasteiger partial charge on any atom is 0.101 e. The molecule has 28 heavy (non-hydrogen) atoms. The predicted molar refractivity (Wildman–Crippen MR) is 112 cm³/mol. The van der Waals surface area contributed by atoms with Crippen LogP contribution in [0.1, 0.15) is 51.8 Å². The van der Waals surface area contributed by atoms with E-state index in [1.54, 1.807) is 6.20 Å². The molecule has 0 amide bonds. The highest BCUT2D eigenvalue weighted by molar-refractivity contribution is 7.08. The van der Waals surface area contributed by atoms with E-state index in [0.717, 1.165) is 46.8 Å². The number of nitriles is 1. The number of anilines is 2. The first-order valence-corrected chi connectivity index (χ1v) is 9.90. The van der Waals surface area contributed by atoms with Crippen LogP contribution in [0.25, 0.3) is 0 Å². The molecule has 0 unspecified atom stereocenters. The number of aromatic nitrogens is 2. The van der Waals surface area contributed by atoms with Gasteiger partial charge in [0.1, 0.15) is 6.07 Å². The highest BCUT2D eigenvalue weighted by atomic mass is 32.1. The summed E-state index contributed by atoms with van der Waals surface area (Å²) in [5, 5.41) is 21.2. The lowest BCUT2D eigenvalue weighted by molar-refractivity contribution is 0.583. The van der Waals surface area contributed by atoms with Gasteiger partial charge in [-0.15, -0.1) is 0 Å². The van der Waals surface area contributed by atoms with Gasteiger partial charge in [0.05, 0.1) is 33.6 Å². The summed E-state index contributed by atoms with van der Waals surface area (Å²) in [6, 6.07) is 11.8. The SMILES string of the molecule is Cc1cc(C(=N)c2cc(N[C@@H]3CCCc4cc(C#N)cnc43)ccc2N)sn1. The van der Waals surface area contributed by atoms with E-state index >= 15 is 0 Å². The Hall–Kier alpha value is -3.24. The van der Waals surface area contributed by atoms with Crippen LogP contribution in [-0.4, -0.2) is 15.1 Å². The fourth-order valence-electron chi connectivity index (χ4n) is 3.55. The zero-order chi connectivity index (χ0) is 19.7. The summed E-state index contributed by atoms with van der Waals surface area (Å²) in [5.41, 5.74) is 12.3. The van der Waals surface area contributed by atoms with E-state index in [1.165, 1.54) is 11.5 Å². The standard InChI is InChI=1S/C21H20N6S/c1-12-7-19(28-27-12)20(24)16-9-15(5-6-17(16)23)26-18-4-2-3-14-8-13(10-22)11-25-21(14)18/h5-9,11,18,24,26H,2-4,23H2,1H3/t18-/m1/s1. The molecule has 0 saturated heterocycles. The van der Waals surface area contributed by atoms with Crippen LogP contribution < -0.4 is 11.1 Å². The fourth-order valence-corrected chi connectivity index (χ4v) is 4.27. The summed E-state index contributed by atoms with van der Waals surface area (Å²) in [4.78, 5) is 5.34. The van der Waals surface area contributed by atoms with Crippen molar-refractivity contribution >= 4 is 28.6 Å². The first-order chi connectivity index (χ1) is 13.5. The van der Waals surface area contributed by atoms with Crippen molar-refractivity contribution in [2.45, 2.75) is 32.2 Å². The van der Waals surface area contributed by atoms with Crippen LogP contribution in [0.4, 0.5) is 11.4 Å². The third-order valence-corrected chi connectivity index (χ3v) is 5.84. The van der Waals surface area contributed by atoms with Gasteiger partial charge in [0.25, 0.3) is 0 Å². The van der Waals surface area contributed by atoms with Gasteiger partial charge in [-0.2, -0.15) is 9.64 Å². The summed E-state index contributed by atoms with van der Waals surface area (Å²) in [7, 11) is 0. The average molecular weight is 389 g/mol. The van der Waals surface area contributed by atoms with Crippen molar-refractivity contribution in [2.75, 3.05) is 11.1 Å². The van der Waals surface area contributed by atoms with Crippen molar-refractivity contribution in [3.05, 3.63) is 69.5 Å². The van der Waals surface area contributed by atoms with E-state index in [9.17, 15) is 0 Å². The summed E-state index contributed by atoms with van der Waals surface area (Å²) < 4.78 is 4.26. The van der Waals surface area contributed by atoms with Crippen LogP contribution in [0.15, 0.2) is 36.5 Å². The average Bonchev–Trinajstić information content (AvgIpc) is 3.15. The Morgan fingerprint density at radius 1 is 1.36 bits per heavy atom. The molecule has 0 spiro atoms. The van der Waals surface area contributed by atoms with Gasteiger partial charge in [-0.3, -0.25) is 10.4 Å². The number of aryl methyl sites for hydroxylation is 2. The molecular formula is C21H20N6S. The van der Waals surface area contributed by atoms with E-state index in [0.29, 0.717) is 22.5 Å². The zero-order valence-electron chi connectivity index (χ0n) is 15.5. The molecule has 0 bridgehead atoms. The van der Waals surface area contributed by atoms with Crippen molar-refractivity contribution in [1.29, 1.82) is 10.7 Å². The molecule has 0 saturated carbocycles. The molecule has 0 aliphatic heterocycles. The topological polar surface area (TPSA) is 111 Å². The third kappa shape index (κ3) is 3.47. The molecule has 0 radical (unpaired) electrons. The van der Waals surface area contributed by atoms with Gasteiger partial charge in [-0.25, -0.2) is 0 Å². The Labute approximate surface area is 167 Å². The lowest BCUT2D eigenvalue weighted by atomic mass is 9.91. The molecule has 2 aromatic heterocycles. The van der Waals surface area contributed by atoms with E-state index < -0.39 is 0 Å². The van der Waals surface area contributed by atoms with E-state index in [2.05, 4.69) is 20.7 Å². The van der Waals surface area contributed by atoms with Crippen molar-refractivity contribution < 1.29 is 0 Å². The molecule has 7 heteroatoms. The highest BCUT2D eigenvalue weighted by Crippen LogP contribution is 2.32. The molecule has 3 aromatic rings. The van der Waals surface area contributed by atoms with Gasteiger partial charge in [-0.05, 0) is 73.6 Å². The first kappa shape index (κ1) is 18.1. The number of hydrogen-bond donors (Lipinski definition) is 3. The molecule has 0 fully saturated rings. The molecule has 6 nitrogen and oxygen atoms in total. The van der Waals surface area contributed by atoms with E-state index in [1.807, 2.05) is 37.3 Å². The Balaban J connectivity index is 1.62. The number of rotatable bonds is 4. The monoisotopic (exact) mass is 388 g/mol. The van der Waals surface area contributed by atoms with Gasteiger partial charge in [0.15, 0.2) is 0 Å². The molecule has 4 rings (SSSR count). The molecular weight excluding hydrogens is 368 g/mol. The van der Waals surface area contributed by atoms with Crippen molar-refractivity contribution in [2.24, 2.45) is 0 Å². The Bertz CT molecular complexity index is 1090. The van der Waals surface area contributed by atoms with E-state index in [-0.39, 0.29) is 6.04 Å². The number of nitrogens with zero attached hydrogens (tertiary/aromatic N) is 3. The van der Waals surface area contributed by atoms with Crippen molar-refractivity contribution in [1.82, 2.24) is 9.36 Å². The third-order valence-electron chi connectivity index (χ3n) is 4.94. The molecule has 1 aliphatic rings. The predicted octanol–water partition coefficient (Wildman–Crippen LogP) is 4.21. The summed E-state index contributed by atoms with van der Waals surface area (Å²) in [6.45, 7) is 1.92. The Morgan fingerprint density at radius 3 is 2.96 bits per heavy atom. The van der Waals surface area contributed by atoms with Gasteiger partial charge in [0, 0.05) is 23.1 Å². The second-order valence-corrected chi connectivity index (χ2v) is 7.78. The summed E-state index contributed by atoms with van der Waals surface area (Å²) >= 11 is 1.31. The molecule has 1 atom stereocenters. The maximum absolute atomic E-state index is 9.10. The second-order valence-electron chi connectivity index (χ2n) is 6.98. The van der Waals surface area contributed by atoms with Gasteiger partial charge >= 0.3 is 0 Å². The van der Waals surface area contributed by atoms with Crippen LogP contribution in [0.2, 0.25) is 0 Å². The van der Waals surface area contributed by atoms with Crippen LogP contribution >= 0.6 is 11.5 Å². The number of nitrogens with one attached hydrogen (secondary N) is 2. The lowest BCUT2D eigenvalue weighted by Gasteiger charge is -2.26. The quantitative estimate of drug-likeness (QED) is 0.458. The van der Waals surface area contributed by atoms with E-state index in [4.69, 9.17) is 16.4 Å². The minimum Gasteiger partial charge on any atom is -0.398 e. The zero-order valence-corrected chi connectivity index (χ0v) is 16.3. The highest BCUT2D eigenvalue weighted by Gasteiger charge is 2.22. The Morgan fingerprint density at radius 2 is 2.21 bits per heavy atom. The Kier molecular flexibility index (Phi) is 4.80. The maximum atomic E-state index is 9.10. The van der Waals surface area contributed by atoms with Crippen molar-refractivity contribution in [3.63, 3.8) is 0 Å². The molecule has 4 N–H and O–H groups in total. The van der Waals surface area contributed by atoms with Gasteiger partial charge in [-0.1, -0.05) is 0 Å². The molecule has 1 aromatic carbocycles. The van der Waals surface area contributed by atoms with Crippen LogP contribution in [0.5, 0.6) is 0 Å². The first-order valence-electron chi connectivity index (χ1n) is 9.12. The van der Waals surface area contributed by atoms with Crippen LogP contribution in [-0.2, 0) is 6.42 Å². The van der Waals surface area contributed by atoms with Gasteiger partial charge in [0.2, 0.25) is 0 Å². The molecule has 1 aliphatic carbocycles. The second kappa shape index (κ2) is 7.41. The van der Waals surface area contributed by atoms with Gasteiger partial charge < -0.3 is 11.1 Å². The smallest absolute Gasteiger partial charge is 0.101 e. The largest absolute Gasteiger partial charge is 0.398 e. The number of nitrogen functional groups attached to an aromatic ring is 1. The normalized spacial score (nSPS) is 15.5.